The van der Waals surface area contributed by atoms with E-state index in [0.29, 0.717) is 19.3 Å². The molecule has 4 nitrogen and oxygen atoms in total. The minimum absolute atomic E-state index is 0.125. The van der Waals surface area contributed by atoms with Crippen LogP contribution in [-0.4, -0.2) is 54.7 Å². The van der Waals surface area contributed by atoms with Crippen molar-refractivity contribution in [2.45, 2.75) is 58.5 Å². The fourth-order valence-electron chi connectivity index (χ4n) is 2.51. The lowest BCUT2D eigenvalue weighted by Gasteiger charge is -2.29. The molecule has 0 aromatic carbocycles. The molecule has 1 saturated heterocycles. The predicted octanol–water partition coefficient (Wildman–Crippen LogP) is 1.62. The van der Waals surface area contributed by atoms with Gasteiger partial charge in [0.05, 0.1) is 6.10 Å². The molecule has 0 radical (unpaired) electrons. The first-order valence-corrected chi connectivity index (χ1v) is 6.82. The first-order valence-electron chi connectivity index (χ1n) is 6.82. The topological polar surface area (TPSA) is 41.9 Å². The average molecular weight is 245 g/mol. The van der Waals surface area contributed by atoms with Crippen LogP contribution in [0, 0.1) is 0 Å². The molecule has 17 heavy (non-hydrogen) atoms. The average Bonchev–Trinajstić information content (AvgIpc) is 2.65. The Kier molecular flexibility index (Phi) is 7.04. The van der Waals surface area contributed by atoms with Crippen molar-refractivity contribution in [1.29, 1.82) is 0 Å². The molecular formula is C13H27NO3. The molecule has 0 saturated carbocycles. The zero-order valence-corrected chi connectivity index (χ0v) is 11.4. The molecule has 1 aliphatic heterocycles. The van der Waals surface area contributed by atoms with Crippen molar-refractivity contribution in [1.82, 2.24) is 4.90 Å². The number of ether oxygens (including phenoxy) is 2. The van der Waals surface area contributed by atoms with E-state index in [9.17, 15) is 5.11 Å². The lowest BCUT2D eigenvalue weighted by molar-refractivity contribution is -0.148. The number of likely N-dealkylation sites (tertiary alicyclic amines) is 1. The fourth-order valence-corrected chi connectivity index (χ4v) is 2.51. The van der Waals surface area contributed by atoms with Gasteiger partial charge in [-0.1, -0.05) is 0 Å². The Balaban J connectivity index is 2.40. The van der Waals surface area contributed by atoms with Crippen LogP contribution in [0.3, 0.4) is 0 Å². The van der Waals surface area contributed by atoms with Crippen LogP contribution in [0.1, 0.15) is 40.0 Å². The Morgan fingerprint density at radius 2 is 1.94 bits per heavy atom. The van der Waals surface area contributed by atoms with Gasteiger partial charge in [-0.2, -0.15) is 0 Å². The maximum Gasteiger partial charge on any atom is 0.170 e. The van der Waals surface area contributed by atoms with Crippen LogP contribution in [0.25, 0.3) is 0 Å². The van der Waals surface area contributed by atoms with E-state index >= 15 is 0 Å². The van der Waals surface area contributed by atoms with Crippen LogP contribution in [-0.2, 0) is 9.47 Å². The molecule has 0 aromatic rings. The molecule has 102 valence electrons. The second-order valence-corrected chi connectivity index (χ2v) is 4.72. The number of rotatable bonds is 8. The molecule has 2 unspecified atom stereocenters. The van der Waals surface area contributed by atoms with Gasteiger partial charge < -0.3 is 14.6 Å². The monoisotopic (exact) mass is 245 g/mol. The van der Waals surface area contributed by atoms with Gasteiger partial charge in [0.15, 0.2) is 6.29 Å². The number of aliphatic hydroxyl groups excluding tert-OH is 1. The first-order chi connectivity index (χ1) is 8.17. The fraction of sp³-hybridized carbons (Fsp3) is 1.00. The molecule has 0 bridgehead atoms. The standard InChI is InChI=1S/C13H27NO3/c1-4-16-13(17-5-2)10-14-8-6-7-12(14)9-11(3)15/h11-13,15H,4-10H2,1-3H3. The molecule has 0 spiro atoms. The van der Waals surface area contributed by atoms with Crippen LogP contribution < -0.4 is 0 Å². The zero-order chi connectivity index (χ0) is 12.7. The van der Waals surface area contributed by atoms with Gasteiger partial charge in [0.1, 0.15) is 0 Å². The first kappa shape index (κ1) is 14.9. The third-order valence-corrected chi connectivity index (χ3v) is 3.20. The minimum Gasteiger partial charge on any atom is -0.393 e. The summed E-state index contributed by atoms with van der Waals surface area (Å²) in [4.78, 5) is 2.39. The quantitative estimate of drug-likeness (QED) is 0.660. The van der Waals surface area contributed by atoms with Gasteiger partial charge in [-0.15, -0.1) is 0 Å². The molecule has 1 fully saturated rings. The van der Waals surface area contributed by atoms with Gasteiger partial charge in [-0.05, 0) is 46.6 Å². The van der Waals surface area contributed by atoms with E-state index in [1.165, 1.54) is 12.8 Å². The number of aliphatic hydroxyl groups is 1. The van der Waals surface area contributed by atoms with Crippen molar-refractivity contribution in [2.75, 3.05) is 26.3 Å². The van der Waals surface area contributed by atoms with E-state index in [0.717, 1.165) is 19.5 Å². The normalized spacial score (nSPS) is 23.5. The van der Waals surface area contributed by atoms with E-state index in [1.807, 2.05) is 20.8 Å². The smallest absolute Gasteiger partial charge is 0.170 e. The van der Waals surface area contributed by atoms with Gasteiger partial charge in [-0.25, -0.2) is 0 Å². The molecule has 1 N–H and O–H groups in total. The Bertz CT molecular complexity index is 193. The highest BCUT2D eigenvalue weighted by Crippen LogP contribution is 2.22. The number of hydrogen-bond donors (Lipinski definition) is 1. The maximum absolute atomic E-state index is 9.48. The molecule has 0 amide bonds. The summed E-state index contributed by atoms with van der Waals surface area (Å²) in [5, 5.41) is 9.48. The summed E-state index contributed by atoms with van der Waals surface area (Å²) in [6.07, 6.45) is 2.89. The van der Waals surface area contributed by atoms with Crippen molar-refractivity contribution in [2.24, 2.45) is 0 Å². The Hall–Kier alpha value is -0.160. The van der Waals surface area contributed by atoms with E-state index in [1.54, 1.807) is 0 Å². The van der Waals surface area contributed by atoms with E-state index in [4.69, 9.17) is 9.47 Å². The molecule has 1 aliphatic rings. The van der Waals surface area contributed by atoms with Gasteiger partial charge in [0.2, 0.25) is 0 Å². The Morgan fingerprint density at radius 3 is 2.47 bits per heavy atom. The molecule has 1 rings (SSSR count). The molecule has 0 aliphatic carbocycles. The second kappa shape index (κ2) is 8.03. The van der Waals surface area contributed by atoms with Crippen molar-refractivity contribution in [3.05, 3.63) is 0 Å². The second-order valence-electron chi connectivity index (χ2n) is 4.72. The summed E-state index contributed by atoms with van der Waals surface area (Å²) in [6.45, 7) is 9.11. The van der Waals surface area contributed by atoms with Crippen molar-refractivity contribution >= 4 is 0 Å². The van der Waals surface area contributed by atoms with Gasteiger partial charge in [-0.3, -0.25) is 4.90 Å². The SMILES string of the molecule is CCOC(CN1CCCC1CC(C)O)OCC. The third-order valence-electron chi connectivity index (χ3n) is 3.20. The van der Waals surface area contributed by atoms with Gasteiger partial charge in [0, 0.05) is 25.8 Å². The zero-order valence-electron chi connectivity index (χ0n) is 11.4. The van der Waals surface area contributed by atoms with Crippen molar-refractivity contribution < 1.29 is 14.6 Å². The van der Waals surface area contributed by atoms with E-state index in [2.05, 4.69) is 4.90 Å². The summed E-state index contributed by atoms with van der Waals surface area (Å²) in [5.41, 5.74) is 0. The Labute approximate surface area is 105 Å². The molecule has 0 aromatic heterocycles. The lowest BCUT2D eigenvalue weighted by Crippen LogP contribution is -2.39. The number of nitrogens with zero attached hydrogens (tertiary/aromatic N) is 1. The maximum atomic E-state index is 9.48. The highest BCUT2D eigenvalue weighted by atomic mass is 16.7. The van der Waals surface area contributed by atoms with Crippen LogP contribution in [0.15, 0.2) is 0 Å². The summed E-state index contributed by atoms with van der Waals surface area (Å²) in [7, 11) is 0. The third kappa shape index (κ3) is 5.34. The van der Waals surface area contributed by atoms with E-state index in [-0.39, 0.29) is 12.4 Å². The molecule has 2 atom stereocenters. The summed E-state index contributed by atoms with van der Waals surface area (Å²) in [6, 6.07) is 0.485. The molecular weight excluding hydrogens is 218 g/mol. The summed E-state index contributed by atoms with van der Waals surface area (Å²) in [5.74, 6) is 0. The Morgan fingerprint density at radius 1 is 1.29 bits per heavy atom. The summed E-state index contributed by atoms with van der Waals surface area (Å²) < 4.78 is 11.1. The van der Waals surface area contributed by atoms with Crippen LogP contribution in [0.5, 0.6) is 0 Å². The highest BCUT2D eigenvalue weighted by molar-refractivity contribution is 4.81. The van der Waals surface area contributed by atoms with E-state index < -0.39 is 0 Å². The van der Waals surface area contributed by atoms with Crippen LogP contribution >= 0.6 is 0 Å². The minimum atomic E-state index is -0.224. The van der Waals surface area contributed by atoms with Gasteiger partial charge >= 0.3 is 0 Å². The van der Waals surface area contributed by atoms with Crippen LogP contribution in [0.2, 0.25) is 0 Å². The molecule has 4 heteroatoms. The van der Waals surface area contributed by atoms with Gasteiger partial charge in [0.25, 0.3) is 0 Å². The lowest BCUT2D eigenvalue weighted by atomic mass is 10.1. The predicted molar refractivity (Wildman–Crippen MR) is 67.9 cm³/mol. The summed E-state index contributed by atoms with van der Waals surface area (Å²) >= 11 is 0. The van der Waals surface area contributed by atoms with Crippen LogP contribution in [0.4, 0.5) is 0 Å². The van der Waals surface area contributed by atoms with Crippen molar-refractivity contribution in [3.63, 3.8) is 0 Å². The number of hydrogen-bond acceptors (Lipinski definition) is 4. The molecule has 1 heterocycles. The highest BCUT2D eigenvalue weighted by Gasteiger charge is 2.27. The van der Waals surface area contributed by atoms with Crippen molar-refractivity contribution in [3.8, 4) is 0 Å². The largest absolute Gasteiger partial charge is 0.393 e.